The predicted molar refractivity (Wildman–Crippen MR) is 122 cm³/mol. The third-order valence-corrected chi connectivity index (χ3v) is 5.60. The van der Waals surface area contributed by atoms with E-state index in [1.165, 1.54) is 4.90 Å². The number of hydrogen-bond acceptors (Lipinski definition) is 5. The highest BCUT2D eigenvalue weighted by Crippen LogP contribution is 2.40. The molecule has 0 radical (unpaired) electrons. The van der Waals surface area contributed by atoms with E-state index in [1.54, 1.807) is 24.3 Å². The van der Waals surface area contributed by atoms with Crippen molar-refractivity contribution in [2.45, 2.75) is 31.7 Å². The molecule has 1 aliphatic heterocycles. The lowest BCUT2D eigenvalue weighted by atomic mass is 9.95. The first-order chi connectivity index (χ1) is 15.3. The minimum atomic E-state index is -0.853. The van der Waals surface area contributed by atoms with Gasteiger partial charge in [-0.1, -0.05) is 48.9 Å². The number of rotatable bonds is 9. The quantitative estimate of drug-likeness (QED) is 0.268. The Balaban J connectivity index is 1.97. The number of anilines is 1. The molecule has 0 spiro atoms. The number of ketones is 1. The molecule has 2 aromatic carbocycles. The number of aliphatic hydroxyl groups is 1. The number of hydrogen-bond donors (Lipinski definition) is 2. The number of Topliss-reactive ketones (excluding diaryl/α,β-unsaturated/α-hetero) is 1. The number of carboxylic acid groups (broad SMARTS) is 1. The molecule has 168 valence electrons. The molecule has 1 heterocycles. The maximum absolute atomic E-state index is 13.0. The molecule has 1 aliphatic rings. The Morgan fingerprint density at radius 1 is 0.938 bits per heavy atom. The van der Waals surface area contributed by atoms with Gasteiger partial charge in [-0.05, 0) is 30.5 Å². The van der Waals surface area contributed by atoms with E-state index in [9.17, 15) is 19.5 Å². The zero-order chi connectivity index (χ0) is 23.3. The summed E-state index contributed by atoms with van der Waals surface area (Å²) in [5.74, 6) is -2.41. The number of benzene rings is 2. The van der Waals surface area contributed by atoms with E-state index >= 15 is 0 Å². The molecule has 7 nitrogen and oxygen atoms in total. The molecular formula is C25H28N2O5. The Morgan fingerprint density at radius 2 is 1.59 bits per heavy atom. The molecule has 1 saturated heterocycles. The van der Waals surface area contributed by atoms with E-state index in [2.05, 4.69) is 0 Å². The van der Waals surface area contributed by atoms with Crippen molar-refractivity contribution in [1.82, 2.24) is 4.90 Å². The second-order valence-corrected chi connectivity index (χ2v) is 8.05. The standard InChI is InChI=1S/C25H28N2O5/c1-26(2)19-14-12-17(13-15-19)22-21(23(30)18-9-5-3-6-10-18)24(31)25(32)27(22)16-8-4-7-11-20(28)29/h3,5-6,9-10,12-15,22,30H,4,7-8,11,16H2,1-2H3,(H,28,29). The van der Waals surface area contributed by atoms with E-state index in [0.29, 0.717) is 31.4 Å². The van der Waals surface area contributed by atoms with Crippen LogP contribution >= 0.6 is 0 Å². The van der Waals surface area contributed by atoms with E-state index in [1.807, 2.05) is 49.3 Å². The maximum atomic E-state index is 13.0. The van der Waals surface area contributed by atoms with Crippen LogP contribution in [0.3, 0.4) is 0 Å². The smallest absolute Gasteiger partial charge is 0.303 e. The first-order valence-electron chi connectivity index (χ1n) is 10.6. The normalized spacial score (nSPS) is 17.6. The lowest BCUT2D eigenvalue weighted by Gasteiger charge is -2.26. The Bertz CT molecular complexity index is 1010. The molecule has 1 unspecified atom stereocenters. The molecule has 0 aliphatic carbocycles. The fourth-order valence-electron chi connectivity index (χ4n) is 3.90. The van der Waals surface area contributed by atoms with Gasteiger partial charge in [-0.3, -0.25) is 14.4 Å². The third-order valence-electron chi connectivity index (χ3n) is 5.60. The fourth-order valence-corrected chi connectivity index (χ4v) is 3.90. The lowest BCUT2D eigenvalue weighted by Crippen LogP contribution is -2.30. The zero-order valence-electron chi connectivity index (χ0n) is 18.3. The topological polar surface area (TPSA) is 98.2 Å². The van der Waals surface area contributed by atoms with Gasteiger partial charge in [-0.15, -0.1) is 0 Å². The summed E-state index contributed by atoms with van der Waals surface area (Å²) < 4.78 is 0. The summed E-state index contributed by atoms with van der Waals surface area (Å²) in [5, 5.41) is 19.8. The Kier molecular flexibility index (Phi) is 7.30. The van der Waals surface area contributed by atoms with Crippen LogP contribution in [-0.4, -0.2) is 53.4 Å². The highest BCUT2D eigenvalue weighted by molar-refractivity contribution is 6.46. The number of aliphatic hydroxyl groups excluding tert-OH is 1. The first-order valence-corrected chi connectivity index (χ1v) is 10.6. The van der Waals surface area contributed by atoms with Crippen molar-refractivity contribution in [3.63, 3.8) is 0 Å². The number of unbranched alkanes of at least 4 members (excludes halogenated alkanes) is 2. The van der Waals surface area contributed by atoms with Gasteiger partial charge < -0.3 is 20.0 Å². The SMILES string of the molecule is CN(C)c1ccc(C2C(=C(O)c3ccccc3)C(=O)C(=O)N2CCCCCC(=O)O)cc1. The van der Waals surface area contributed by atoms with Gasteiger partial charge in [0, 0.05) is 38.3 Å². The highest BCUT2D eigenvalue weighted by atomic mass is 16.4. The number of amides is 1. The molecule has 2 aromatic rings. The molecule has 0 saturated carbocycles. The molecule has 7 heteroatoms. The Hall–Kier alpha value is -3.61. The maximum Gasteiger partial charge on any atom is 0.303 e. The molecule has 1 amide bonds. The van der Waals surface area contributed by atoms with Gasteiger partial charge in [0.25, 0.3) is 11.7 Å². The number of aliphatic carboxylic acids is 1. The fraction of sp³-hybridized carbons (Fsp3) is 0.320. The summed E-state index contributed by atoms with van der Waals surface area (Å²) in [6.45, 7) is 0.301. The minimum absolute atomic E-state index is 0.0717. The largest absolute Gasteiger partial charge is 0.507 e. The Morgan fingerprint density at radius 3 is 2.19 bits per heavy atom. The molecule has 32 heavy (non-hydrogen) atoms. The van der Waals surface area contributed by atoms with Gasteiger partial charge in [0.05, 0.1) is 11.6 Å². The molecule has 1 fully saturated rings. The summed E-state index contributed by atoms with van der Waals surface area (Å²) in [6.07, 6.45) is 1.77. The Labute approximate surface area is 187 Å². The molecule has 1 atom stereocenters. The van der Waals surface area contributed by atoms with Gasteiger partial charge >= 0.3 is 5.97 Å². The van der Waals surface area contributed by atoms with Crippen molar-refractivity contribution in [3.8, 4) is 0 Å². The second-order valence-electron chi connectivity index (χ2n) is 8.05. The van der Waals surface area contributed by atoms with Crippen molar-refractivity contribution in [3.05, 3.63) is 71.3 Å². The summed E-state index contributed by atoms with van der Waals surface area (Å²) in [4.78, 5) is 40.1. The molecule has 2 N–H and O–H groups in total. The average Bonchev–Trinajstić information content (AvgIpc) is 3.03. The number of nitrogens with zero attached hydrogens (tertiary/aromatic N) is 2. The summed E-state index contributed by atoms with van der Waals surface area (Å²) >= 11 is 0. The molecule has 3 rings (SSSR count). The van der Waals surface area contributed by atoms with Crippen LogP contribution in [0.1, 0.15) is 42.9 Å². The van der Waals surface area contributed by atoms with Crippen LogP contribution in [0, 0.1) is 0 Å². The van der Waals surface area contributed by atoms with Crippen molar-refractivity contribution in [2.24, 2.45) is 0 Å². The minimum Gasteiger partial charge on any atom is -0.507 e. The predicted octanol–water partition coefficient (Wildman–Crippen LogP) is 3.82. The third kappa shape index (κ3) is 4.99. The molecular weight excluding hydrogens is 408 g/mol. The van der Waals surface area contributed by atoms with Crippen molar-refractivity contribution in [2.75, 3.05) is 25.5 Å². The van der Waals surface area contributed by atoms with Gasteiger partial charge in [-0.2, -0.15) is 0 Å². The van der Waals surface area contributed by atoms with Crippen LogP contribution in [0.5, 0.6) is 0 Å². The lowest BCUT2D eigenvalue weighted by molar-refractivity contribution is -0.140. The van der Waals surface area contributed by atoms with Gasteiger partial charge in [0.15, 0.2) is 0 Å². The van der Waals surface area contributed by atoms with Gasteiger partial charge in [0.1, 0.15) is 5.76 Å². The molecule has 0 aromatic heterocycles. The monoisotopic (exact) mass is 436 g/mol. The van der Waals surface area contributed by atoms with E-state index in [4.69, 9.17) is 5.11 Å². The van der Waals surface area contributed by atoms with Crippen molar-refractivity contribution >= 4 is 29.1 Å². The number of carbonyl (C=O) groups is 3. The van der Waals surface area contributed by atoms with Crippen LogP contribution in [0.15, 0.2) is 60.2 Å². The van der Waals surface area contributed by atoms with E-state index in [0.717, 1.165) is 11.3 Å². The zero-order valence-corrected chi connectivity index (χ0v) is 18.3. The average molecular weight is 437 g/mol. The van der Waals surface area contributed by atoms with Crippen LogP contribution in [-0.2, 0) is 14.4 Å². The number of carbonyl (C=O) groups excluding carboxylic acids is 2. The van der Waals surface area contributed by atoms with Crippen LogP contribution in [0.4, 0.5) is 5.69 Å². The summed E-state index contributed by atoms with van der Waals surface area (Å²) in [6, 6.07) is 15.6. The van der Waals surface area contributed by atoms with Gasteiger partial charge in [-0.25, -0.2) is 0 Å². The number of likely N-dealkylation sites (tertiary alicyclic amines) is 1. The van der Waals surface area contributed by atoms with E-state index in [-0.39, 0.29) is 17.8 Å². The van der Waals surface area contributed by atoms with Gasteiger partial charge in [0.2, 0.25) is 0 Å². The van der Waals surface area contributed by atoms with Crippen molar-refractivity contribution < 1.29 is 24.6 Å². The van der Waals surface area contributed by atoms with Crippen molar-refractivity contribution in [1.29, 1.82) is 0 Å². The number of carboxylic acids is 1. The molecule has 0 bridgehead atoms. The van der Waals surface area contributed by atoms with Crippen LogP contribution < -0.4 is 4.90 Å². The highest BCUT2D eigenvalue weighted by Gasteiger charge is 2.45. The van der Waals surface area contributed by atoms with E-state index < -0.39 is 23.7 Å². The second kappa shape index (κ2) is 10.1. The van der Waals surface area contributed by atoms with Crippen LogP contribution in [0.2, 0.25) is 0 Å². The summed E-state index contributed by atoms with van der Waals surface area (Å²) in [5.41, 5.74) is 2.26. The summed E-state index contributed by atoms with van der Waals surface area (Å²) in [7, 11) is 3.85. The van der Waals surface area contributed by atoms with Crippen LogP contribution in [0.25, 0.3) is 5.76 Å². The first kappa shape index (κ1) is 23.1.